The van der Waals surface area contributed by atoms with Crippen LogP contribution in [0.3, 0.4) is 0 Å². The first kappa shape index (κ1) is 10.7. The maximum atomic E-state index is 5.21. The molecule has 0 saturated carbocycles. The first-order valence-electron chi connectivity index (χ1n) is 4.07. The van der Waals surface area contributed by atoms with E-state index in [2.05, 4.69) is 40.2 Å². The van der Waals surface area contributed by atoms with Crippen LogP contribution in [0.15, 0.2) is 24.3 Å². The van der Waals surface area contributed by atoms with Crippen LogP contribution < -0.4 is 0 Å². The Hall–Kier alpha value is -0.380. The van der Waals surface area contributed by atoms with Crippen molar-refractivity contribution in [2.45, 2.75) is 11.9 Å². The smallest absolute Gasteiger partial charge is 0.146 e. The molecule has 0 radical (unpaired) electrons. The third kappa shape index (κ3) is 3.89. The lowest BCUT2D eigenvalue weighted by Crippen LogP contribution is -1.96. The molecule has 0 aliphatic heterocycles. The summed E-state index contributed by atoms with van der Waals surface area (Å²) in [6.45, 7) is 0.955. The molecule has 1 aromatic carbocycles. The van der Waals surface area contributed by atoms with Crippen molar-refractivity contribution in [2.24, 2.45) is 0 Å². The molecule has 0 aromatic heterocycles. The molecule has 0 amide bonds. The molecular weight excluding hydrogens is 232 g/mol. The van der Waals surface area contributed by atoms with Crippen molar-refractivity contribution in [1.82, 2.24) is 0 Å². The van der Waals surface area contributed by atoms with Crippen LogP contribution in [-0.4, -0.2) is 13.9 Å². The van der Waals surface area contributed by atoms with Crippen LogP contribution in [0.4, 0.5) is 0 Å². The number of methoxy groups -OCH3 is 1. The summed E-state index contributed by atoms with van der Waals surface area (Å²) in [6.07, 6.45) is 0. The number of rotatable bonds is 5. The van der Waals surface area contributed by atoms with E-state index in [9.17, 15) is 0 Å². The highest BCUT2D eigenvalue weighted by molar-refractivity contribution is 9.08. The van der Waals surface area contributed by atoms with Gasteiger partial charge in [0.05, 0.1) is 6.61 Å². The second-order valence-corrected chi connectivity index (χ2v) is 3.27. The van der Waals surface area contributed by atoms with Gasteiger partial charge in [-0.1, -0.05) is 40.2 Å². The Morgan fingerprint density at radius 3 is 2.31 bits per heavy atom. The monoisotopic (exact) mass is 244 g/mol. The number of halogens is 1. The lowest BCUT2D eigenvalue weighted by atomic mass is 10.2. The van der Waals surface area contributed by atoms with Crippen molar-refractivity contribution in [3.05, 3.63) is 35.4 Å². The summed E-state index contributed by atoms with van der Waals surface area (Å²) in [5, 5.41) is 0.895. The molecule has 2 nitrogen and oxygen atoms in total. The van der Waals surface area contributed by atoms with Crippen LogP contribution in [0.5, 0.6) is 0 Å². The van der Waals surface area contributed by atoms with Crippen LogP contribution in [-0.2, 0) is 21.4 Å². The van der Waals surface area contributed by atoms with Gasteiger partial charge in [0.25, 0.3) is 0 Å². The average molecular weight is 245 g/mol. The molecule has 0 aliphatic carbocycles. The molecule has 0 bridgehead atoms. The van der Waals surface area contributed by atoms with E-state index in [1.165, 1.54) is 11.1 Å². The molecule has 0 fully saturated rings. The Kier molecular flexibility index (Phi) is 5.05. The highest BCUT2D eigenvalue weighted by atomic mass is 79.9. The Morgan fingerprint density at radius 1 is 1.15 bits per heavy atom. The van der Waals surface area contributed by atoms with Crippen molar-refractivity contribution in [3.8, 4) is 0 Å². The van der Waals surface area contributed by atoms with E-state index in [-0.39, 0.29) is 0 Å². The van der Waals surface area contributed by atoms with Gasteiger partial charge in [0.1, 0.15) is 6.79 Å². The zero-order valence-electron chi connectivity index (χ0n) is 7.63. The van der Waals surface area contributed by atoms with Crippen molar-refractivity contribution in [1.29, 1.82) is 0 Å². The van der Waals surface area contributed by atoms with Crippen molar-refractivity contribution in [2.75, 3.05) is 13.9 Å². The number of benzene rings is 1. The largest absolute Gasteiger partial charge is 0.359 e. The molecule has 0 aliphatic rings. The lowest BCUT2D eigenvalue weighted by molar-refractivity contribution is -0.0390. The van der Waals surface area contributed by atoms with E-state index in [4.69, 9.17) is 9.47 Å². The maximum absolute atomic E-state index is 5.21. The van der Waals surface area contributed by atoms with Gasteiger partial charge in [-0.3, -0.25) is 0 Å². The molecule has 0 atom stereocenters. The van der Waals surface area contributed by atoms with Crippen molar-refractivity contribution >= 4 is 15.9 Å². The fourth-order valence-electron chi connectivity index (χ4n) is 0.967. The van der Waals surface area contributed by atoms with Gasteiger partial charge in [-0.15, -0.1) is 0 Å². The maximum Gasteiger partial charge on any atom is 0.146 e. The van der Waals surface area contributed by atoms with E-state index >= 15 is 0 Å². The topological polar surface area (TPSA) is 18.5 Å². The van der Waals surface area contributed by atoms with Crippen LogP contribution in [0, 0.1) is 0 Å². The summed E-state index contributed by atoms with van der Waals surface area (Å²) < 4.78 is 9.99. The SMILES string of the molecule is COCOCc1ccc(CBr)cc1. The van der Waals surface area contributed by atoms with Gasteiger partial charge in [-0.25, -0.2) is 0 Å². The van der Waals surface area contributed by atoms with E-state index < -0.39 is 0 Å². The Bertz CT molecular complexity index is 233. The van der Waals surface area contributed by atoms with Gasteiger partial charge in [-0.05, 0) is 11.1 Å². The average Bonchev–Trinajstić information content (AvgIpc) is 2.19. The van der Waals surface area contributed by atoms with Gasteiger partial charge in [-0.2, -0.15) is 0 Å². The summed E-state index contributed by atoms with van der Waals surface area (Å²) >= 11 is 3.39. The van der Waals surface area contributed by atoms with E-state index in [1.807, 2.05) is 0 Å². The van der Waals surface area contributed by atoms with Crippen molar-refractivity contribution in [3.63, 3.8) is 0 Å². The predicted molar refractivity (Wildman–Crippen MR) is 55.7 cm³/mol. The van der Waals surface area contributed by atoms with Crippen LogP contribution >= 0.6 is 15.9 Å². The van der Waals surface area contributed by atoms with E-state index in [0.717, 1.165) is 5.33 Å². The highest BCUT2D eigenvalue weighted by Crippen LogP contribution is 2.08. The standard InChI is InChI=1S/C10H13BrO2/c1-12-8-13-7-10-4-2-9(6-11)3-5-10/h2-5H,6-8H2,1H3. The molecule has 0 spiro atoms. The summed E-state index contributed by atoms with van der Waals surface area (Å²) in [6, 6.07) is 8.29. The number of hydrogen-bond acceptors (Lipinski definition) is 2. The Balaban J connectivity index is 2.40. The van der Waals surface area contributed by atoms with Crippen LogP contribution in [0.2, 0.25) is 0 Å². The number of alkyl halides is 1. The van der Waals surface area contributed by atoms with Gasteiger partial charge >= 0.3 is 0 Å². The zero-order valence-corrected chi connectivity index (χ0v) is 9.21. The quantitative estimate of drug-likeness (QED) is 0.451. The minimum Gasteiger partial charge on any atom is -0.359 e. The van der Waals surface area contributed by atoms with Gasteiger partial charge in [0.2, 0.25) is 0 Å². The summed E-state index contributed by atoms with van der Waals surface area (Å²) in [4.78, 5) is 0. The second kappa shape index (κ2) is 6.13. The van der Waals surface area contributed by atoms with E-state index in [1.54, 1.807) is 7.11 Å². The highest BCUT2D eigenvalue weighted by Gasteiger charge is 1.93. The van der Waals surface area contributed by atoms with Gasteiger partial charge in [0, 0.05) is 12.4 Å². The molecule has 3 heteroatoms. The number of hydrogen-bond donors (Lipinski definition) is 0. The molecule has 0 N–H and O–H groups in total. The zero-order chi connectivity index (χ0) is 9.52. The van der Waals surface area contributed by atoms with Crippen LogP contribution in [0.25, 0.3) is 0 Å². The first-order valence-corrected chi connectivity index (χ1v) is 5.19. The summed E-state index contributed by atoms with van der Waals surface area (Å²) in [7, 11) is 1.62. The fraction of sp³-hybridized carbons (Fsp3) is 0.400. The van der Waals surface area contributed by atoms with Crippen LogP contribution in [0.1, 0.15) is 11.1 Å². The minimum atomic E-state index is 0.347. The Labute approximate surface area is 87.0 Å². The lowest BCUT2D eigenvalue weighted by Gasteiger charge is -2.03. The third-order valence-electron chi connectivity index (χ3n) is 1.65. The first-order chi connectivity index (χ1) is 6.36. The summed E-state index contributed by atoms with van der Waals surface area (Å²) in [5.41, 5.74) is 2.44. The third-order valence-corrected chi connectivity index (χ3v) is 2.29. The fourth-order valence-corrected chi connectivity index (χ4v) is 1.34. The molecule has 0 saturated heterocycles. The Morgan fingerprint density at radius 2 is 1.77 bits per heavy atom. The predicted octanol–water partition coefficient (Wildman–Crippen LogP) is 2.70. The molecule has 13 heavy (non-hydrogen) atoms. The normalized spacial score (nSPS) is 10.3. The molecular formula is C10H13BrO2. The summed E-state index contributed by atoms with van der Waals surface area (Å²) in [5.74, 6) is 0. The van der Waals surface area contributed by atoms with Gasteiger partial charge < -0.3 is 9.47 Å². The van der Waals surface area contributed by atoms with Crippen molar-refractivity contribution < 1.29 is 9.47 Å². The minimum absolute atomic E-state index is 0.347. The number of ether oxygens (including phenoxy) is 2. The molecule has 72 valence electrons. The molecule has 1 aromatic rings. The second-order valence-electron chi connectivity index (χ2n) is 2.71. The molecule has 0 heterocycles. The van der Waals surface area contributed by atoms with Gasteiger partial charge in [0.15, 0.2) is 0 Å². The molecule has 0 unspecified atom stereocenters. The molecule has 1 rings (SSSR count). The van der Waals surface area contributed by atoms with E-state index in [0.29, 0.717) is 13.4 Å².